The van der Waals surface area contributed by atoms with Gasteiger partial charge in [0.15, 0.2) is 5.65 Å². The number of carbonyl (C=O) groups is 1. The van der Waals surface area contributed by atoms with Crippen molar-refractivity contribution in [1.29, 1.82) is 0 Å². The maximum atomic E-state index is 13.1. The van der Waals surface area contributed by atoms with Crippen molar-refractivity contribution in [2.45, 2.75) is 27.3 Å². The Bertz CT molecular complexity index is 1410. The van der Waals surface area contributed by atoms with E-state index in [2.05, 4.69) is 52.2 Å². The van der Waals surface area contributed by atoms with E-state index in [0.717, 1.165) is 29.9 Å². The summed E-state index contributed by atoms with van der Waals surface area (Å²) in [7, 11) is 0. The van der Waals surface area contributed by atoms with Gasteiger partial charge in [-0.2, -0.15) is 5.10 Å². The molecular weight excluding hydrogens is 428 g/mol. The molecule has 8 nitrogen and oxygen atoms in total. The Hall–Kier alpha value is -3.94. The molecule has 34 heavy (non-hydrogen) atoms. The summed E-state index contributed by atoms with van der Waals surface area (Å²) in [5.41, 5.74) is 5.72. The summed E-state index contributed by atoms with van der Waals surface area (Å²) in [5.74, 6) is -0.0751. The highest BCUT2D eigenvalue weighted by atomic mass is 16.2. The summed E-state index contributed by atoms with van der Waals surface area (Å²) in [6, 6.07) is 14.5. The van der Waals surface area contributed by atoms with Gasteiger partial charge in [0.05, 0.1) is 11.9 Å². The number of amides is 1. The minimum atomic E-state index is -0.257. The smallest absolute Gasteiger partial charge is 0.264 e. The van der Waals surface area contributed by atoms with Crippen LogP contribution in [0.4, 0.5) is 5.69 Å². The van der Waals surface area contributed by atoms with Crippen molar-refractivity contribution in [2.75, 3.05) is 31.1 Å². The number of nitrogens with zero attached hydrogens (tertiary/aromatic N) is 6. The molecule has 0 radical (unpaired) electrons. The first-order valence-corrected chi connectivity index (χ1v) is 11.5. The van der Waals surface area contributed by atoms with Gasteiger partial charge >= 0.3 is 0 Å². The Balaban J connectivity index is 1.31. The van der Waals surface area contributed by atoms with Crippen LogP contribution in [0.15, 0.2) is 59.8 Å². The third kappa shape index (κ3) is 4.19. The van der Waals surface area contributed by atoms with Crippen molar-refractivity contribution in [3.8, 4) is 5.69 Å². The summed E-state index contributed by atoms with van der Waals surface area (Å²) in [5, 5.41) is 4.80. The fourth-order valence-electron chi connectivity index (χ4n) is 4.61. The molecule has 2 aromatic carbocycles. The zero-order chi connectivity index (χ0) is 23.8. The second-order valence-corrected chi connectivity index (χ2v) is 9.02. The normalized spacial score (nSPS) is 14.1. The molecule has 4 aromatic rings. The Morgan fingerprint density at radius 2 is 1.62 bits per heavy atom. The summed E-state index contributed by atoms with van der Waals surface area (Å²) < 4.78 is 3.05. The second-order valence-electron chi connectivity index (χ2n) is 9.02. The van der Waals surface area contributed by atoms with Gasteiger partial charge in [-0.25, -0.2) is 9.67 Å². The van der Waals surface area contributed by atoms with E-state index in [0.29, 0.717) is 24.1 Å². The van der Waals surface area contributed by atoms with Crippen molar-refractivity contribution < 1.29 is 4.79 Å². The van der Waals surface area contributed by atoms with Crippen molar-refractivity contribution in [3.63, 3.8) is 0 Å². The summed E-state index contributed by atoms with van der Waals surface area (Å²) in [4.78, 5) is 34.6. The van der Waals surface area contributed by atoms with Crippen LogP contribution in [-0.4, -0.2) is 56.3 Å². The highest BCUT2D eigenvalue weighted by Gasteiger charge is 2.22. The SMILES string of the molecule is Cc1cccc(N2CCN(C(=O)Cn3cnc4c(cnn4-c4cc(C)cc(C)c4)c3=O)CC2)c1. The fourth-order valence-corrected chi connectivity index (χ4v) is 4.61. The van der Waals surface area contributed by atoms with Gasteiger partial charge in [-0.15, -0.1) is 0 Å². The zero-order valence-electron chi connectivity index (χ0n) is 19.7. The molecule has 0 spiro atoms. The molecule has 0 N–H and O–H groups in total. The van der Waals surface area contributed by atoms with Gasteiger partial charge in [0.25, 0.3) is 5.56 Å². The van der Waals surface area contributed by atoms with Crippen LogP contribution in [0.5, 0.6) is 0 Å². The van der Waals surface area contributed by atoms with E-state index in [1.165, 1.54) is 28.3 Å². The number of anilines is 1. The lowest BCUT2D eigenvalue weighted by Crippen LogP contribution is -2.50. The Labute approximate surface area is 198 Å². The van der Waals surface area contributed by atoms with E-state index < -0.39 is 0 Å². The van der Waals surface area contributed by atoms with Crippen LogP contribution in [0, 0.1) is 20.8 Å². The predicted octanol–water partition coefficient (Wildman–Crippen LogP) is 2.86. The molecule has 8 heteroatoms. The number of benzene rings is 2. The molecule has 0 aliphatic carbocycles. The van der Waals surface area contributed by atoms with Gasteiger partial charge in [-0.05, 0) is 61.7 Å². The average molecular weight is 457 g/mol. The Morgan fingerprint density at radius 3 is 2.32 bits per heavy atom. The zero-order valence-corrected chi connectivity index (χ0v) is 19.7. The molecule has 1 amide bonds. The molecule has 3 heterocycles. The van der Waals surface area contributed by atoms with Crippen molar-refractivity contribution >= 4 is 22.6 Å². The van der Waals surface area contributed by atoms with Gasteiger partial charge in [-0.1, -0.05) is 18.2 Å². The van der Waals surface area contributed by atoms with Crippen LogP contribution >= 0.6 is 0 Å². The average Bonchev–Trinajstić information content (AvgIpc) is 3.25. The molecule has 0 unspecified atom stereocenters. The van der Waals surface area contributed by atoms with Gasteiger partial charge in [-0.3, -0.25) is 14.2 Å². The molecular formula is C26H28N6O2. The third-order valence-corrected chi connectivity index (χ3v) is 6.31. The van der Waals surface area contributed by atoms with E-state index in [-0.39, 0.29) is 18.0 Å². The topological polar surface area (TPSA) is 76.3 Å². The lowest BCUT2D eigenvalue weighted by molar-refractivity contribution is -0.132. The summed E-state index contributed by atoms with van der Waals surface area (Å²) in [6.07, 6.45) is 2.98. The minimum absolute atomic E-state index is 0.0268. The van der Waals surface area contributed by atoms with E-state index in [4.69, 9.17) is 0 Å². The van der Waals surface area contributed by atoms with Gasteiger partial charge in [0, 0.05) is 31.9 Å². The molecule has 0 saturated carbocycles. The highest BCUT2D eigenvalue weighted by Crippen LogP contribution is 2.19. The first kappa shape index (κ1) is 21.9. The lowest BCUT2D eigenvalue weighted by Gasteiger charge is -2.36. The molecule has 2 aromatic heterocycles. The van der Waals surface area contributed by atoms with E-state index in [1.54, 1.807) is 4.68 Å². The maximum Gasteiger partial charge on any atom is 0.264 e. The van der Waals surface area contributed by atoms with Crippen LogP contribution in [0.3, 0.4) is 0 Å². The second kappa shape index (κ2) is 8.78. The number of hydrogen-bond donors (Lipinski definition) is 0. The molecule has 1 fully saturated rings. The number of aromatic nitrogens is 4. The summed E-state index contributed by atoms with van der Waals surface area (Å²) in [6.45, 7) is 8.89. The molecule has 0 atom stereocenters. The maximum absolute atomic E-state index is 13.1. The van der Waals surface area contributed by atoms with Crippen LogP contribution < -0.4 is 10.5 Å². The first-order valence-electron chi connectivity index (χ1n) is 11.5. The molecule has 1 aliphatic rings. The van der Waals surface area contributed by atoms with Crippen LogP contribution in [0.1, 0.15) is 16.7 Å². The molecule has 0 bridgehead atoms. The highest BCUT2D eigenvalue weighted by molar-refractivity contribution is 5.78. The molecule has 1 aliphatic heterocycles. The summed E-state index contributed by atoms with van der Waals surface area (Å²) >= 11 is 0. The number of piperazine rings is 1. The number of fused-ring (bicyclic) bond motifs is 1. The van der Waals surface area contributed by atoms with Crippen molar-refractivity contribution in [1.82, 2.24) is 24.2 Å². The van der Waals surface area contributed by atoms with Crippen LogP contribution in [0.25, 0.3) is 16.7 Å². The minimum Gasteiger partial charge on any atom is -0.368 e. The van der Waals surface area contributed by atoms with Crippen molar-refractivity contribution in [3.05, 3.63) is 82.0 Å². The Morgan fingerprint density at radius 1 is 0.912 bits per heavy atom. The van der Waals surface area contributed by atoms with Crippen LogP contribution in [-0.2, 0) is 11.3 Å². The molecule has 5 rings (SSSR count). The number of hydrogen-bond acceptors (Lipinski definition) is 5. The number of rotatable bonds is 4. The third-order valence-electron chi connectivity index (χ3n) is 6.31. The molecule has 174 valence electrons. The standard InChI is InChI=1S/C26H28N6O2/c1-18-5-4-6-21(12-18)29-7-9-30(10-8-29)24(33)16-31-17-27-25-23(26(31)34)15-28-32(25)22-13-19(2)11-20(3)14-22/h4-6,11-15,17H,7-10,16H2,1-3H3. The van der Waals surface area contributed by atoms with E-state index in [1.807, 2.05) is 30.9 Å². The fraction of sp³-hybridized carbons (Fsp3) is 0.308. The number of aryl methyl sites for hydroxylation is 3. The quantitative estimate of drug-likeness (QED) is 0.472. The van der Waals surface area contributed by atoms with Gasteiger partial charge in [0.2, 0.25) is 5.91 Å². The molecule has 1 saturated heterocycles. The predicted molar refractivity (Wildman–Crippen MR) is 133 cm³/mol. The monoisotopic (exact) mass is 456 g/mol. The Kier molecular flexibility index (Phi) is 5.65. The van der Waals surface area contributed by atoms with Crippen molar-refractivity contribution in [2.24, 2.45) is 0 Å². The van der Waals surface area contributed by atoms with E-state index >= 15 is 0 Å². The lowest BCUT2D eigenvalue weighted by atomic mass is 10.1. The first-order chi connectivity index (χ1) is 16.4. The largest absolute Gasteiger partial charge is 0.368 e. The van der Waals surface area contributed by atoms with E-state index in [9.17, 15) is 9.59 Å². The van der Waals surface area contributed by atoms with Gasteiger partial charge in [0.1, 0.15) is 18.3 Å². The number of carbonyl (C=O) groups excluding carboxylic acids is 1. The van der Waals surface area contributed by atoms with Crippen LogP contribution in [0.2, 0.25) is 0 Å². The van der Waals surface area contributed by atoms with Gasteiger partial charge < -0.3 is 9.80 Å².